The van der Waals surface area contributed by atoms with Gasteiger partial charge in [0.15, 0.2) is 0 Å². The van der Waals surface area contributed by atoms with E-state index in [0.717, 1.165) is 12.1 Å². The second kappa shape index (κ2) is 7.37. The first-order valence-electron chi connectivity index (χ1n) is 5.95. The maximum absolute atomic E-state index is 9.76. The summed E-state index contributed by atoms with van der Waals surface area (Å²) in [5, 5.41) is 9.76. The number of likely N-dealkylation sites (N-methyl/N-ethyl adjacent to an activating group) is 1. The van der Waals surface area contributed by atoms with Crippen LogP contribution in [0.1, 0.15) is 19.4 Å². The number of pyridine rings is 1. The molecule has 0 spiro atoms. The van der Waals surface area contributed by atoms with E-state index in [1.54, 1.807) is 6.20 Å². The summed E-state index contributed by atoms with van der Waals surface area (Å²) in [6.07, 6.45) is 3.31. The topological polar surface area (TPSA) is 45.6 Å². The third-order valence-electron chi connectivity index (χ3n) is 2.32. The van der Waals surface area contributed by atoms with Crippen LogP contribution in [0.5, 0.6) is 0 Å². The van der Waals surface area contributed by atoms with Gasteiger partial charge in [0.05, 0.1) is 18.8 Å². The molecule has 1 heterocycles. The minimum absolute atomic E-state index is 0.160. The largest absolute Gasteiger partial charge is 0.389 e. The van der Waals surface area contributed by atoms with Crippen molar-refractivity contribution in [2.24, 2.45) is 0 Å². The van der Waals surface area contributed by atoms with Crippen LogP contribution < -0.4 is 0 Å². The zero-order valence-electron chi connectivity index (χ0n) is 10.8. The summed E-state index contributed by atoms with van der Waals surface area (Å²) >= 11 is 0. The summed E-state index contributed by atoms with van der Waals surface area (Å²) in [6.45, 7) is 5.70. The monoisotopic (exact) mass is 238 g/mol. The van der Waals surface area contributed by atoms with E-state index < -0.39 is 6.10 Å². The fourth-order valence-corrected chi connectivity index (χ4v) is 1.58. The van der Waals surface area contributed by atoms with Gasteiger partial charge in [0.2, 0.25) is 0 Å². The number of aliphatic hydroxyl groups excluding tert-OH is 1. The van der Waals surface area contributed by atoms with Crippen LogP contribution in [-0.4, -0.2) is 47.4 Å². The number of aliphatic hydroxyl groups is 1. The molecular weight excluding hydrogens is 216 g/mol. The number of hydrogen-bond acceptors (Lipinski definition) is 4. The third kappa shape index (κ3) is 6.36. The first kappa shape index (κ1) is 14.1. The molecule has 96 valence electrons. The lowest BCUT2D eigenvalue weighted by atomic mass is 10.2. The predicted octanol–water partition coefficient (Wildman–Crippen LogP) is 1.30. The van der Waals surface area contributed by atoms with Crippen LogP contribution in [0.15, 0.2) is 24.5 Å². The van der Waals surface area contributed by atoms with Crippen LogP contribution >= 0.6 is 0 Å². The van der Waals surface area contributed by atoms with E-state index in [0.29, 0.717) is 13.2 Å². The molecule has 4 heteroatoms. The van der Waals surface area contributed by atoms with Crippen molar-refractivity contribution in [1.82, 2.24) is 9.88 Å². The van der Waals surface area contributed by atoms with Gasteiger partial charge in [-0.15, -0.1) is 0 Å². The number of aromatic nitrogens is 1. The second-order valence-electron chi connectivity index (χ2n) is 4.59. The SMILES string of the molecule is CC(C)OC[C@H](O)CN(C)Cc1cccnc1. The summed E-state index contributed by atoms with van der Waals surface area (Å²) in [5.41, 5.74) is 1.15. The quantitative estimate of drug-likeness (QED) is 0.777. The average Bonchev–Trinajstić information content (AvgIpc) is 2.27. The molecule has 0 aliphatic carbocycles. The van der Waals surface area contributed by atoms with E-state index in [4.69, 9.17) is 4.74 Å². The molecule has 0 aromatic carbocycles. The van der Waals surface area contributed by atoms with E-state index in [2.05, 4.69) is 9.88 Å². The van der Waals surface area contributed by atoms with Gasteiger partial charge in [-0.25, -0.2) is 0 Å². The van der Waals surface area contributed by atoms with Crippen LogP contribution in [0, 0.1) is 0 Å². The van der Waals surface area contributed by atoms with Gasteiger partial charge in [-0.2, -0.15) is 0 Å². The lowest BCUT2D eigenvalue weighted by molar-refractivity contribution is -0.00635. The van der Waals surface area contributed by atoms with E-state index in [1.807, 2.05) is 39.2 Å². The summed E-state index contributed by atoms with van der Waals surface area (Å²) in [7, 11) is 1.98. The van der Waals surface area contributed by atoms with Gasteiger partial charge in [0, 0.05) is 25.5 Å². The summed E-state index contributed by atoms with van der Waals surface area (Å²) in [6, 6.07) is 3.95. The Morgan fingerprint density at radius 2 is 2.24 bits per heavy atom. The number of nitrogens with zero attached hydrogens (tertiary/aromatic N) is 2. The van der Waals surface area contributed by atoms with E-state index >= 15 is 0 Å². The molecule has 0 bridgehead atoms. The first-order chi connectivity index (χ1) is 8.08. The molecule has 1 N–H and O–H groups in total. The average molecular weight is 238 g/mol. The molecule has 0 fully saturated rings. The Labute approximate surface area is 103 Å². The smallest absolute Gasteiger partial charge is 0.0900 e. The molecule has 1 aromatic heterocycles. The third-order valence-corrected chi connectivity index (χ3v) is 2.32. The van der Waals surface area contributed by atoms with Crippen molar-refractivity contribution in [3.8, 4) is 0 Å². The van der Waals surface area contributed by atoms with Crippen LogP contribution in [0.25, 0.3) is 0 Å². The van der Waals surface area contributed by atoms with Gasteiger partial charge in [-0.05, 0) is 32.5 Å². The molecule has 0 aliphatic rings. The zero-order valence-corrected chi connectivity index (χ0v) is 10.8. The standard InChI is InChI=1S/C13H22N2O2/c1-11(2)17-10-13(16)9-15(3)8-12-5-4-6-14-7-12/h4-7,11,13,16H,8-10H2,1-3H3/t13-/m1/s1. The van der Waals surface area contributed by atoms with Crippen molar-refractivity contribution in [3.05, 3.63) is 30.1 Å². The Morgan fingerprint density at radius 3 is 2.82 bits per heavy atom. The molecule has 0 saturated carbocycles. The molecule has 0 saturated heterocycles. The van der Waals surface area contributed by atoms with Gasteiger partial charge in [0.25, 0.3) is 0 Å². The van der Waals surface area contributed by atoms with Gasteiger partial charge in [-0.3, -0.25) is 9.88 Å². The zero-order chi connectivity index (χ0) is 12.7. The Morgan fingerprint density at radius 1 is 1.47 bits per heavy atom. The maximum Gasteiger partial charge on any atom is 0.0900 e. The molecule has 17 heavy (non-hydrogen) atoms. The molecule has 1 aromatic rings. The van der Waals surface area contributed by atoms with Crippen molar-refractivity contribution in [1.29, 1.82) is 0 Å². The highest BCUT2D eigenvalue weighted by Gasteiger charge is 2.09. The van der Waals surface area contributed by atoms with Crippen LogP contribution in [-0.2, 0) is 11.3 Å². The molecule has 0 aliphatic heterocycles. The summed E-state index contributed by atoms with van der Waals surface area (Å²) in [5.74, 6) is 0. The number of rotatable bonds is 7. The predicted molar refractivity (Wildman–Crippen MR) is 67.7 cm³/mol. The lowest BCUT2D eigenvalue weighted by Crippen LogP contribution is -2.32. The molecule has 0 unspecified atom stereocenters. The van der Waals surface area contributed by atoms with Crippen molar-refractivity contribution in [2.45, 2.75) is 32.6 Å². The molecule has 4 nitrogen and oxygen atoms in total. The Balaban J connectivity index is 2.27. The highest BCUT2D eigenvalue weighted by atomic mass is 16.5. The van der Waals surface area contributed by atoms with Crippen molar-refractivity contribution >= 4 is 0 Å². The number of ether oxygens (including phenoxy) is 1. The molecule has 0 amide bonds. The highest BCUT2D eigenvalue weighted by molar-refractivity contribution is 5.07. The molecule has 1 atom stereocenters. The van der Waals surface area contributed by atoms with Gasteiger partial charge >= 0.3 is 0 Å². The van der Waals surface area contributed by atoms with E-state index in [1.165, 1.54) is 0 Å². The first-order valence-corrected chi connectivity index (χ1v) is 5.95. The van der Waals surface area contributed by atoms with E-state index in [9.17, 15) is 5.11 Å². The summed E-state index contributed by atoms with van der Waals surface area (Å²) in [4.78, 5) is 6.12. The van der Waals surface area contributed by atoms with Crippen LogP contribution in [0.4, 0.5) is 0 Å². The van der Waals surface area contributed by atoms with Crippen LogP contribution in [0.3, 0.4) is 0 Å². The molecule has 1 rings (SSSR count). The second-order valence-corrected chi connectivity index (χ2v) is 4.59. The maximum atomic E-state index is 9.76. The Bertz CT molecular complexity index is 304. The minimum Gasteiger partial charge on any atom is -0.389 e. The van der Waals surface area contributed by atoms with Crippen LogP contribution in [0.2, 0.25) is 0 Å². The molecule has 0 radical (unpaired) electrons. The number of hydrogen-bond donors (Lipinski definition) is 1. The fraction of sp³-hybridized carbons (Fsp3) is 0.615. The highest BCUT2D eigenvalue weighted by Crippen LogP contribution is 2.02. The Kier molecular flexibility index (Phi) is 6.11. The van der Waals surface area contributed by atoms with E-state index in [-0.39, 0.29) is 6.10 Å². The molecular formula is C13H22N2O2. The van der Waals surface area contributed by atoms with Gasteiger partial charge in [-0.1, -0.05) is 6.07 Å². The van der Waals surface area contributed by atoms with Crippen molar-refractivity contribution in [3.63, 3.8) is 0 Å². The van der Waals surface area contributed by atoms with Gasteiger partial charge in [0.1, 0.15) is 0 Å². The minimum atomic E-state index is -0.445. The fourth-order valence-electron chi connectivity index (χ4n) is 1.58. The summed E-state index contributed by atoms with van der Waals surface area (Å²) < 4.78 is 5.37. The van der Waals surface area contributed by atoms with Crippen molar-refractivity contribution in [2.75, 3.05) is 20.2 Å². The van der Waals surface area contributed by atoms with Gasteiger partial charge < -0.3 is 9.84 Å². The van der Waals surface area contributed by atoms with Crippen molar-refractivity contribution < 1.29 is 9.84 Å². The normalized spacial score (nSPS) is 13.3. The lowest BCUT2D eigenvalue weighted by Gasteiger charge is -2.21. The Hall–Kier alpha value is -0.970.